The minimum atomic E-state index is -0.602. The second kappa shape index (κ2) is 18.9. The van der Waals surface area contributed by atoms with Crippen LogP contribution in [0.15, 0.2) is 66.8 Å². The summed E-state index contributed by atoms with van der Waals surface area (Å²) >= 11 is 0. The molecule has 0 bridgehead atoms. The number of fused-ring (bicyclic) bond motifs is 2. The molecule has 0 spiro atoms. The van der Waals surface area contributed by atoms with E-state index in [9.17, 15) is 9.59 Å². The Balaban J connectivity index is 1.99. The molecule has 0 aliphatic carbocycles. The van der Waals surface area contributed by atoms with Crippen molar-refractivity contribution in [3.05, 3.63) is 72.3 Å². The summed E-state index contributed by atoms with van der Waals surface area (Å²) in [5.74, 6) is 0.749. The first-order chi connectivity index (χ1) is 22.2. The number of hydrogen-bond donors (Lipinski definition) is 0. The van der Waals surface area contributed by atoms with Gasteiger partial charge < -0.3 is 28.4 Å². The van der Waals surface area contributed by atoms with E-state index >= 15 is 0 Å². The van der Waals surface area contributed by atoms with Crippen LogP contribution in [-0.2, 0) is 35.0 Å². The summed E-state index contributed by atoms with van der Waals surface area (Å²) in [5, 5.41) is 3.41. The second-order valence-corrected chi connectivity index (χ2v) is 11.7. The number of aryl methyl sites for hydroxylation is 1. The number of ether oxygens (including phenoxy) is 6. The molecular weight excluding hydrogens is 584 g/mol. The van der Waals surface area contributed by atoms with E-state index in [0.29, 0.717) is 50.4 Å². The zero-order valence-electron chi connectivity index (χ0n) is 28.2. The summed E-state index contributed by atoms with van der Waals surface area (Å²) in [5.41, 5.74) is 2.89. The molecule has 250 valence electrons. The summed E-state index contributed by atoms with van der Waals surface area (Å²) in [6, 6.07) is 14.1. The van der Waals surface area contributed by atoms with E-state index < -0.39 is 12.2 Å². The van der Waals surface area contributed by atoms with Gasteiger partial charge in [0.1, 0.15) is 24.7 Å². The second-order valence-electron chi connectivity index (χ2n) is 11.7. The monoisotopic (exact) mass is 634 g/mol. The lowest BCUT2D eigenvalue weighted by atomic mass is 9.98. The Kier molecular flexibility index (Phi) is 15.1. The molecule has 0 aliphatic rings. The van der Waals surface area contributed by atoms with Crippen molar-refractivity contribution in [3.63, 3.8) is 0 Å². The molecule has 0 saturated heterocycles. The Hall–Kier alpha value is -3.88. The summed E-state index contributed by atoms with van der Waals surface area (Å²) in [4.78, 5) is 24.9. The summed E-state index contributed by atoms with van der Waals surface area (Å²) in [6.07, 6.45) is 1.65. The molecule has 0 amide bonds. The largest absolute Gasteiger partial charge is 0.488 e. The smallest absolute Gasteiger partial charge is 0.306 e. The lowest BCUT2D eigenvalue weighted by molar-refractivity contribution is -0.154. The van der Waals surface area contributed by atoms with Gasteiger partial charge in [0, 0.05) is 34.4 Å². The van der Waals surface area contributed by atoms with E-state index in [1.54, 1.807) is 0 Å². The highest BCUT2D eigenvalue weighted by molar-refractivity contribution is 6.11. The molecule has 3 rings (SSSR count). The first-order valence-corrected chi connectivity index (χ1v) is 16.2. The van der Waals surface area contributed by atoms with Gasteiger partial charge in [-0.25, -0.2) is 0 Å². The fourth-order valence-electron chi connectivity index (χ4n) is 4.89. The third-order valence-corrected chi connectivity index (χ3v) is 7.03. The Morgan fingerprint density at radius 3 is 1.54 bits per heavy atom. The van der Waals surface area contributed by atoms with Crippen LogP contribution < -0.4 is 9.47 Å². The minimum absolute atomic E-state index is 0.107. The van der Waals surface area contributed by atoms with Gasteiger partial charge in [0.25, 0.3) is 0 Å². The molecule has 8 heteroatoms. The van der Waals surface area contributed by atoms with Gasteiger partial charge in [-0.3, -0.25) is 9.59 Å². The highest BCUT2D eigenvalue weighted by Crippen LogP contribution is 2.43. The Morgan fingerprint density at radius 2 is 1.11 bits per heavy atom. The van der Waals surface area contributed by atoms with E-state index in [0.717, 1.165) is 44.7 Å². The molecule has 0 N–H and O–H groups in total. The summed E-state index contributed by atoms with van der Waals surface area (Å²) in [6.45, 7) is 18.8. The third kappa shape index (κ3) is 11.2. The number of esters is 2. The molecule has 0 heterocycles. The van der Waals surface area contributed by atoms with E-state index in [1.165, 1.54) is 0 Å². The van der Waals surface area contributed by atoms with Crippen molar-refractivity contribution in [2.24, 2.45) is 0 Å². The van der Waals surface area contributed by atoms with Gasteiger partial charge in [-0.15, -0.1) is 0 Å². The maximum Gasteiger partial charge on any atom is 0.306 e. The Morgan fingerprint density at radius 1 is 0.652 bits per heavy atom. The van der Waals surface area contributed by atoms with Crippen LogP contribution in [-0.4, -0.2) is 63.8 Å². The Labute approximate surface area is 273 Å². The topological polar surface area (TPSA) is 89.5 Å². The van der Waals surface area contributed by atoms with Crippen molar-refractivity contribution in [1.82, 2.24) is 0 Å². The predicted molar refractivity (Wildman–Crippen MR) is 183 cm³/mol. The van der Waals surface area contributed by atoms with Crippen LogP contribution in [0.4, 0.5) is 0 Å². The van der Waals surface area contributed by atoms with Crippen molar-refractivity contribution >= 4 is 33.5 Å². The fraction of sp³-hybridized carbons (Fsp3) is 0.474. The van der Waals surface area contributed by atoms with Crippen LogP contribution in [0.5, 0.6) is 11.5 Å². The van der Waals surface area contributed by atoms with Crippen molar-refractivity contribution in [2.75, 3.05) is 39.6 Å². The van der Waals surface area contributed by atoms with Crippen LogP contribution in [0.1, 0.15) is 65.9 Å². The van der Waals surface area contributed by atoms with Crippen molar-refractivity contribution < 1.29 is 38.0 Å². The van der Waals surface area contributed by atoms with Crippen LogP contribution in [0.3, 0.4) is 0 Å². The fourth-order valence-corrected chi connectivity index (χ4v) is 4.89. The quantitative estimate of drug-likeness (QED) is 0.0663. The van der Waals surface area contributed by atoms with Gasteiger partial charge >= 0.3 is 11.9 Å². The Bertz CT molecular complexity index is 1480. The maximum atomic E-state index is 12.4. The zero-order valence-corrected chi connectivity index (χ0v) is 28.2. The van der Waals surface area contributed by atoms with E-state index in [2.05, 4.69) is 32.2 Å². The van der Waals surface area contributed by atoms with E-state index in [1.807, 2.05) is 58.0 Å². The van der Waals surface area contributed by atoms with Crippen LogP contribution in [0.25, 0.3) is 21.5 Å². The molecule has 0 radical (unpaired) electrons. The normalized spacial score (nSPS) is 12.5. The summed E-state index contributed by atoms with van der Waals surface area (Å²) in [7, 11) is 0. The van der Waals surface area contributed by atoms with Gasteiger partial charge in [0.05, 0.1) is 26.4 Å². The molecular formula is C38H50O8. The molecule has 0 aromatic heterocycles. The highest BCUT2D eigenvalue weighted by atomic mass is 16.6. The number of rotatable bonds is 21. The van der Waals surface area contributed by atoms with Crippen molar-refractivity contribution in [2.45, 2.75) is 78.9 Å². The average Bonchev–Trinajstić information content (AvgIpc) is 3.01. The van der Waals surface area contributed by atoms with Crippen LogP contribution in [0.2, 0.25) is 0 Å². The molecule has 3 aromatic carbocycles. The highest BCUT2D eigenvalue weighted by Gasteiger charge is 2.22. The lowest BCUT2D eigenvalue weighted by Gasteiger charge is -2.23. The van der Waals surface area contributed by atoms with Crippen LogP contribution >= 0.6 is 0 Å². The van der Waals surface area contributed by atoms with Crippen molar-refractivity contribution in [1.29, 1.82) is 0 Å². The first kappa shape index (κ1) is 36.6. The van der Waals surface area contributed by atoms with Gasteiger partial charge in [0.2, 0.25) is 0 Å². The van der Waals surface area contributed by atoms with Crippen LogP contribution in [0, 0.1) is 0 Å². The molecule has 2 atom stereocenters. The molecule has 8 nitrogen and oxygen atoms in total. The maximum absolute atomic E-state index is 12.4. The number of benzene rings is 3. The average molecular weight is 635 g/mol. The van der Waals surface area contributed by atoms with E-state index in [-0.39, 0.29) is 38.4 Å². The molecule has 3 aromatic rings. The van der Waals surface area contributed by atoms with Gasteiger partial charge in [0.15, 0.2) is 12.2 Å². The number of hydrogen-bond acceptors (Lipinski definition) is 8. The zero-order chi connectivity index (χ0) is 33.5. The number of carbonyl (C=O) groups excluding carboxylic acids is 2. The minimum Gasteiger partial charge on any atom is -0.488 e. The van der Waals surface area contributed by atoms with Gasteiger partial charge in [-0.1, -0.05) is 81.5 Å². The third-order valence-electron chi connectivity index (χ3n) is 7.03. The van der Waals surface area contributed by atoms with E-state index in [4.69, 9.17) is 28.4 Å². The molecule has 2 unspecified atom stereocenters. The van der Waals surface area contributed by atoms with Crippen molar-refractivity contribution in [3.8, 4) is 11.5 Å². The molecule has 0 aliphatic heterocycles. The first-order valence-electron chi connectivity index (χ1n) is 16.2. The molecule has 46 heavy (non-hydrogen) atoms. The van der Waals surface area contributed by atoms with Gasteiger partial charge in [-0.2, -0.15) is 0 Å². The molecule has 0 fully saturated rings. The SMILES string of the molecule is C=C(C)COCC(COc1c2ccccc2c(OCC(COCC(=C)C)OC(=O)CCC)c2cc(CC)ccc12)OC(=O)CCC. The lowest BCUT2D eigenvalue weighted by Crippen LogP contribution is -2.30. The van der Waals surface area contributed by atoms with Gasteiger partial charge in [-0.05, 0) is 44.7 Å². The summed E-state index contributed by atoms with van der Waals surface area (Å²) < 4.78 is 36.0. The molecule has 0 saturated carbocycles. The predicted octanol–water partition coefficient (Wildman–Crippen LogP) is 7.92. The number of carbonyl (C=O) groups is 2. The standard InChI is InChI=1S/C38H50O8/c1-8-13-35(39)45-29(22-41-20-26(4)5)24-43-37-31-15-11-12-16-32(31)38(34-19-28(10-3)17-18-33(34)37)44-25-30(23-42-21-27(6)7)46-36(40)14-9-2/h11-12,15-19,29-30H,4,6,8-10,13-14,20-25H2,1-3,5,7H3.